The quantitative estimate of drug-likeness (QED) is 0.867. The number of benzene rings is 2. The second-order valence-corrected chi connectivity index (χ2v) is 7.01. The van der Waals surface area contributed by atoms with Gasteiger partial charge in [-0.3, -0.25) is 4.72 Å². The largest absolute Gasteiger partial charge is 0.494 e. The summed E-state index contributed by atoms with van der Waals surface area (Å²) in [5.74, 6) is 0.629. The lowest BCUT2D eigenvalue weighted by atomic mass is 10.2. The summed E-state index contributed by atoms with van der Waals surface area (Å²) in [7, 11) is -3.61. The molecule has 2 aromatic carbocycles. The van der Waals surface area contributed by atoms with Crippen molar-refractivity contribution in [2.75, 3.05) is 11.3 Å². The number of sulfonamides is 1. The van der Waals surface area contributed by atoms with E-state index in [0.29, 0.717) is 18.0 Å². The van der Waals surface area contributed by atoms with Crippen LogP contribution in [0, 0.1) is 6.92 Å². The summed E-state index contributed by atoms with van der Waals surface area (Å²) in [5.41, 5.74) is 1.34. The van der Waals surface area contributed by atoms with Crippen LogP contribution in [0.2, 0.25) is 0 Å². The van der Waals surface area contributed by atoms with E-state index in [1.54, 1.807) is 42.5 Å². The average Bonchev–Trinajstić information content (AvgIpc) is 2.42. The first-order valence-electron chi connectivity index (χ1n) is 6.44. The van der Waals surface area contributed by atoms with Crippen molar-refractivity contribution in [3.8, 4) is 5.75 Å². The number of hydrogen-bond acceptors (Lipinski definition) is 3. The molecular formula is C15H16BrNO3S. The van der Waals surface area contributed by atoms with E-state index in [2.05, 4.69) is 20.7 Å². The minimum absolute atomic E-state index is 0.227. The van der Waals surface area contributed by atoms with Gasteiger partial charge in [-0.1, -0.05) is 22.0 Å². The Hall–Kier alpha value is -1.53. The van der Waals surface area contributed by atoms with Crippen LogP contribution >= 0.6 is 15.9 Å². The molecule has 4 nitrogen and oxygen atoms in total. The van der Waals surface area contributed by atoms with E-state index in [9.17, 15) is 8.42 Å². The zero-order valence-corrected chi connectivity index (χ0v) is 14.2. The zero-order chi connectivity index (χ0) is 15.5. The summed E-state index contributed by atoms with van der Waals surface area (Å²) < 4.78 is 33.5. The lowest BCUT2D eigenvalue weighted by molar-refractivity contribution is 0.340. The Balaban J connectivity index is 2.28. The van der Waals surface area contributed by atoms with Gasteiger partial charge in [0.15, 0.2) is 0 Å². The fourth-order valence-electron chi connectivity index (χ4n) is 1.81. The lowest BCUT2D eigenvalue weighted by Gasteiger charge is -2.10. The predicted octanol–water partition coefficient (Wildman–Crippen LogP) is 3.96. The molecule has 112 valence electrons. The first-order valence-corrected chi connectivity index (χ1v) is 8.72. The zero-order valence-electron chi connectivity index (χ0n) is 11.8. The maximum absolute atomic E-state index is 12.4. The molecule has 0 saturated heterocycles. The minimum Gasteiger partial charge on any atom is -0.494 e. The van der Waals surface area contributed by atoms with Gasteiger partial charge < -0.3 is 4.74 Å². The summed E-state index contributed by atoms with van der Waals surface area (Å²) in [4.78, 5) is 0.227. The Bertz CT molecular complexity index is 744. The maximum Gasteiger partial charge on any atom is 0.261 e. The predicted molar refractivity (Wildman–Crippen MR) is 87.3 cm³/mol. The molecule has 0 unspecified atom stereocenters. The summed E-state index contributed by atoms with van der Waals surface area (Å²) in [6.45, 7) is 4.25. The molecule has 0 aliphatic rings. The normalized spacial score (nSPS) is 11.2. The van der Waals surface area contributed by atoms with Crippen molar-refractivity contribution in [3.63, 3.8) is 0 Å². The molecule has 0 radical (unpaired) electrons. The highest BCUT2D eigenvalue weighted by molar-refractivity contribution is 9.10. The highest BCUT2D eigenvalue weighted by Crippen LogP contribution is 2.23. The fraction of sp³-hybridized carbons (Fsp3) is 0.200. The second-order valence-electron chi connectivity index (χ2n) is 4.48. The van der Waals surface area contributed by atoms with E-state index in [1.807, 2.05) is 13.8 Å². The Morgan fingerprint density at radius 1 is 1.19 bits per heavy atom. The number of aryl methyl sites for hydroxylation is 1. The third kappa shape index (κ3) is 3.98. The molecule has 0 amide bonds. The third-order valence-electron chi connectivity index (χ3n) is 2.84. The highest BCUT2D eigenvalue weighted by Gasteiger charge is 2.15. The van der Waals surface area contributed by atoms with E-state index < -0.39 is 10.0 Å². The topological polar surface area (TPSA) is 55.4 Å². The van der Waals surface area contributed by atoms with Gasteiger partial charge in [0.25, 0.3) is 10.0 Å². The standard InChI is InChI=1S/C15H16BrNO3S/c1-3-20-13-6-4-5-12(10-13)17-21(18,19)14-7-8-15(16)11(2)9-14/h4-10,17H,3H2,1-2H3. The van der Waals surface area contributed by atoms with Crippen LogP contribution in [0.5, 0.6) is 5.75 Å². The molecule has 0 saturated carbocycles. The van der Waals surface area contributed by atoms with Gasteiger partial charge in [-0.2, -0.15) is 0 Å². The van der Waals surface area contributed by atoms with Gasteiger partial charge in [0.1, 0.15) is 5.75 Å². The summed E-state index contributed by atoms with van der Waals surface area (Å²) in [6, 6.07) is 11.8. The molecule has 0 bridgehead atoms. The van der Waals surface area contributed by atoms with Gasteiger partial charge in [0.05, 0.1) is 17.2 Å². The second kappa shape index (κ2) is 6.49. The number of rotatable bonds is 5. The van der Waals surface area contributed by atoms with Crippen LogP contribution in [0.25, 0.3) is 0 Å². The Morgan fingerprint density at radius 3 is 2.62 bits per heavy atom. The SMILES string of the molecule is CCOc1cccc(NS(=O)(=O)c2ccc(Br)c(C)c2)c1. The molecule has 0 heterocycles. The van der Waals surface area contributed by atoms with Crippen LogP contribution in [0.4, 0.5) is 5.69 Å². The van der Waals surface area contributed by atoms with Crippen molar-refractivity contribution in [2.45, 2.75) is 18.7 Å². The van der Waals surface area contributed by atoms with Gasteiger partial charge in [-0.15, -0.1) is 0 Å². The Morgan fingerprint density at radius 2 is 1.95 bits per heavy atom. The maximum atomic E-state index is 12.4. The van der Waals surface area contributed by atoms with Gasteiger partial charge in [0.2, 0.25) is 0 Å². The van der Waals surface area contributed by atoms with Crippen LogP contribution in [0.1, 0.15) is 12.5 Å². The van der Waals surface area contributed by atoms with Crippen molar-refractivity contribution >= 4 is 31.6 Å². The van der Waals surface area contributed by atoms with Gasteiger partial charge >= 0.3 is 0 Å². The number of anilines is 1. The van der Waals surface area contributed by atoms with Crippen molar-refractivity contribution in [1.82, 2.24) is 0 Å². The van der Waals surface area contributed by atoms with Gasteiger partial charge in [0, 0.05) is 10.5 Å². The van der Waals surface area contributed by atoms with E-state index in [0.717, 1.165) is 10.0 Å². The van der Waals surface area contributed by atoms with E-state index in [4.69, 9.17) is 4.74 Å². The molecule has 0 aliphatic heterocycles. The highest BCUT2D eigenvalue weighted by atomic mass is 79.9. The van der Waals surface area contributed by atoms with E-state index >= 15 is 0 Å². The molecule has 0 spiro atoms. The number of nitrogens with one attached hydrogen (secondary N) is 1. The molecule has 0 fully saturated rings. The number of ether oxygens (including phenoxy) is 1. The van der Waals surface area contributed by atoms with Crippen LogP contribution in [0.15, 0.2) is 51.8 Å². The molecule has 6 heteroatoms. The van der Waals surface area contributed by atoms with Crippen LogP contribution in [-0.2, 0) is 10.0 Å². The van der Waals surface area contributed by atoms with E-state index in [-0.39, 0.29) is 4.90 Å². The van der Waals surface area contributed by atoms with Crippen molar-refractivity contribution in [3.05, 3.63) is 52.5 Å². The molecule has 0 aromatic heterocycles. The smallest absolute Gasteiger partial charge is 0.261 e. The monoisotopic (exact) mass is 369 g/mol. The van der Waals surface area contributed by atoms with Gasteiger partial charge in [-0.25, -0.2) is 8.42 Å². The van der Waals surface area contributed by atoms with Crippen LogP contribution in [-0.4, -0.2) is 15.0 Å². The molecule has 2 rings (SSSR count). The fourth-order valence-corrected chi connectivity index (χ4v) is 3.20. The van der Waals surface area contributed by atoms with Crippen LogP contribution < -0.4 is 9.46 Å². The molecule has 21 heavy (non-hydrogen) atoms. The number of hydrogen-bond donors (Lipinski definition) is 1. The molecule has 0 atom stereocenters. The van der Waals surface area contributed by atoms with Gasteiger partial charge in [-0.05, 0) is 49.7 Å². The van der Waals surface area contributed by atoms with Crippen molar-refractivity contribution in [2.24, 2.45) is 0 Å². The summed E-state index contributed by atoms with van der Waals surface area (Å²) >= 11 is 3.36. The van der Waals surface area contributed by atoms with Crippen molar-refractivity contribution in [1.29, 1.82) is 0 Å². The van der Waals surface area contributed by atoms with Crippen LogP contribution in [0.3, 0.4) is 0 Å². The lowest BCUT2D eigenvalue weighted by Crippen LogP contribution is -2.13. The van der Waals surface area contributed by atoms with E-state index in [1.165, 1.54) is 0 Å². The average molecular weight is 370 g/mol. The molecular weight excluding hydrogens is 354 g/mol. The van der Waals surface area contributed by atoms with Crippen molar-refractivity contribution < 1.29 is 13.2 Å². The number of halogens is 1. The Kier molecular flexibility index (Phi) is 4.90. The summed E-state index contributed by atoms with van der Waals surface area (Å²) in [5, 5.41) is 0. The first kappa shape index (κ1) is 15.9. The third-order valence-corrected chi connectivity index (χ3v) is 5.11. The molecule has 2 aromatic rings. The Labute approximate surface area is 133 Å². The first-order chi connectivity index (χ1) is 9.92. The minimum atomic E-state index is -3.61. The summed E-state index contributed by atoms with van der Waals surface area (Å²) in [6.07, 6.45) is 0. The molecule has 0 aliphatic carbocycles. The molecule has 1 N–H and O–H groups in total.